The number of hydrogen-bond donors (Lipinski definition) is 0. The molecule has 2 heterocycles. The Labute approximate surface area is 217 Å². The Kier molecular flexibility index (Phi) is 5.86. The van der Waals surface area contributed by atoms with Gasteiger partial charge in [-0.05, 0) is 42.0 Å². The van der Waals surface area contributed by atoms with Crippen LogP contribution in [0.1, 0.15) is 17.0 Å². The molecule has 0 amide bonds. The van der Waals surface area contributed by atoms with Crippen molar-refractivity contribution < 1.29 is 4.92 Å². The smallest absolute Gasteiger partial charge is 0.293 e. The Morgan fingerprint density at radius 1 is 0.789 bits per heavy atom. The Hall–Kier alpha value is -5.30. The number of hydrogen-bond acceptors (Lipinski definition) is 4. The monoisotopic (exact) mass is 498 g/mol. The standard InChI is InChI=1S/C31H22N4O3/c36-31-25-13-4-6-14-26(25)32-30(34(31)28-16-8-9-17-29(28)35(37)38)19-18-23-21-33(20-22-10-2-1-3-11-22)27-15-7-5-12-24(23)27/h1-19,21H,20H2/b19-18+. The maximum absolute atomic E-state index is 13.6. The van der Waals surface area contributed by atoms with Crippen LogP contribution in [0.5, 0.6) is 0 Å². The van der Waals surface area contributed by atoms with E-state index in [1.807, 2.05) is 42.5 Å². The van der Waals surface area contributed by atoms with Crippen LogP contribution in [0, 0.1) is 10.1 Å². The third-order valence-corrected chi connectivity index (χ3v) is 6.55. The first-order valence-corrected chi connectivity index (χ1v) is 12.2. The average Bonchev–Trinajstić information content (AvgIpc) is 3.29. The minimum atomic E-state index is -0.484. The van der Waals surface area contributed by atoms with Crippen molar-refractivity contribution in [2.45, 2.75) is 6.54 Å². The van der Waals surface area contributed by atoms with Gasteiger partial charge in [-0.15, -0.1) is 0 Å². The van der Waals surface area contributed by atoms with Crippen molar-refractivity contribution in [3.05, 3.63) is 147 Å². The molecule has 7 heteroatoms. The van der Waals surface area contributed by atoms with Crippen molar-refractivity contribution in [3.8, 4) is 5.69 Å². The minimum Gasteiger partial charge on any atom is -0.342 e. The van der Waals surface area contributed by atoms with Gasteiger partial charge in [-0.3, -0.25) is 19.5 Å². The van der Waals surface area contributed by atoms with E-state index in [0.717, 1.165) is 16.5 Å². The summed E-state index contributed by atoms with van der Waals surface area (Å²) < 4.78 is 3.51. The Morgan fingerprint density at radius 2 is 1.47 bits per heavy atom. The molecular formula is C31H22N4O3. The number of nitro groups is 1. The highest BCUT2D eigenvalue weighted by Gasteiger charge is 2.19. The van der Waals surface area contributed by atoms with E-state index < -0.39 is 4.92 Å². The maximum atomic E-state index is 13.6. The highest BCUT2D eigenvalue weighted by atomic mass is 16.6. The van der Waals surface area contributed by atoms with Crippen LogP contribution in [0.2, 0.25) is 0 Å². The van der Waals surface area contributed by atoms with E-state index in [1.54, 1.807) is 42.5 Å². The number of fused-ring (bicyclic) bond motifs is 2. The maximum Gasteiger partial charge on any atom is 0.293 e. The average molecular weight is 499 g/mol. The summed E-state index contributed by atoms with van der Waals surface area (Å²) in [7, 11) is 0. The zero-order valence-electron chi connectivity index (χ0n) is 20.3. The molecule has 0 aliphatic rings. The van der Waals surface area contributed by atoms with Crippen LogP contribution in [0.4, 0.5) is 5.69 Å². The van der Waals surface area contributed by atoms with Crippen molar-refractivity contribution >= 4 is 39.6 Å². The third-order valence-electron chi connectivity index (χ3n) is 6.55. The van der Waals surface area contributed by atoms with Crippen molar-refractivity contribution in [1.82, 2.24) is 14.1 Å². The fraction of sp³-hybridized carbons (Fsp3) is 0.0323. The van der Waals surface area contributed by atoms with Crippen molar-refractivity contribution in [2.75, 3.05) is 0 Å². The summed E-state index contributed by atoms with van der Waals surface area (Å²) >= 11 is 0. The zero-order chi connectivity index (χ0) is 26.1. The molecule has 2 aromatic heterocycles. The fourth-order valence-electron chi connectivity index (χ4n) is 4.79. The van der Waals surface area contributed by atoms with Gasteiger partial charge in [0.05, 0.1) is 15.8 Å². The van der Waals surface area contributed by atoms with E-state index in [2.05, 4.69) is 35.0 Å². The third kappa shape index (κ3) is 4.16. The molecule has 38 heavy (non-hydrogen) atoms. The van der Waals surface area contributed by atoms with E-state index in [0.29, 0.717) is 23.3 Å². The Balaban J connectivity index is 1.52. The second-order valence-electron chi connectivity index (χ2n) is 8.92. The highest BCUT2D eigenvalue weighted by Crippen LogP contribution is 2.26. The summed E-state index contributed by atoms with van der Waals surface area (Å²) in [5, 5.41) is 13.3. The molecule has 6 rings (SSSR count). The van der Waals surface area contributed by atoms with E-state index in [9.17, 15) is 14.9 Å². The molecule has 0 N–H and O–H groups in total. The Bertz CT molecular complexity index is 1900. The van der Waals surface area contributed by atoms with Gasteiger partial charge < -0.3 is 4.57 Å². The van der Waals surface area contributed by atoms with E-state index in [4.69, 9.17) is 4.98 Å². The molecule has 0 atom stereocenters. The number of para-hydroxylation sites is 4. The second kappa shape index (κ2) is 9.63. The lowest BCUT2D eigenvalue weighted by Crippen LogP contribution is -2.23. The van der Waals surface area contributed by atoms with Crippen LogP contribution < -0.4 is 5.56 Å². The largest absolute Gasteiger partial charge is 0.342 e. The molecule has 0 aliphatic carbocycles. The van der Waals surface area contributed by atoms with Gasteiger partial charge in [0.25, 0.3) is 11.2 Å². The predicted molar refractivity (Wildman–Crippen MR) is 150 cm³/mol. The minimum absolute atomic E-state index is 0.166. The molecule has 6 aromatic rings. The lowest BCUT2D eigenvalue weighted by molar-refractivity contribution is -0.384. The lowest BCUT2D eigenvalue weighted by atomic mass is 10.1. The Morgan fingerprint density at radius 3 is 2.29 bits per heavy atom. The van der Waals surface area contributed by atoms with E-state index >= 15 is 0 Å². The summed E-state index contributed by atoms with van der Waals surface area (Å²) in [4.78, 5) is 29.7. The number of rotatable bonds is 6. The first kappa shape index (κ1) is 23.1. The van der Waals surface area contributed by atoms with Gasteiger partial charge >= 0.3 is 0 Å². The summed E-state index contributed by atoms with van der Waals surface area (Å²) in [6.45, 7) is 0.713. The molecular weight excluding hydrogens is 476 g/mol. The SMILES string of the molecule is O=c1c2ccccc2nc(/C=C/c2cn(Cc3ccccc3)c3ccccc23)n1-c1ccccc1[N+](=O)[O-]. The van der Waals surface area contributed by atoms with Crippen LogP contribution in [0.25, 0.3) is 39.6 Å². The number of nitrogens with zero attached hydrogens (tertiary/aromatic N) is 4. The van der Waals surface area contributed by atoms with Crippen LogP contribution >= 0.6 is 0 Å². The molecule has 0 fully saturated rings. The zero-order valence-corrected chi connectivity index (χ0v) is 20.3. The van der Waals surface area contributed by atoms with Gasteiger partial charge in [0, 0.05) is 35.3 Å². The first-order valence-electron chi connectivity index (χ1n) is 12.2. The number of benzene rings is 4. The highest BCUT2D eigenvalue weighted by molar-refractivity contribution is 5.92. The predicted octanol–water partition coefficient (Wildman–Crippen LogP) is 6.47. The summed E-state index contributed by atoms with van der Waals surface area (Å²) in [5.41, 5.74) is 3.39. The molecule has 0 radical (unpaired) electrons. The van der Waals surface area contributed by atoms with Crippen LogP contribution in [0.3, 0.4) is 0 Å². The van der Waals surface area contributed by atoms with E-state index in [1.165, 1.54) is 16.2 Å². The molecule has 0 spiro atoms. The van der Waals surface area contributed by atoms with Crippen molar-refractivity contribution in [2.24, 2.45) is 0 Å². The molecule has 0 saturated carbocycles. The van der Waals surface area contributed by atoms with Gasteiger partial charge in [0.2, 0.25) is 0 Å². The van der Waals surface area contributed by atoms with Crippen LogP contribution in [-0.4, -0.2) is 19.0 Å². The van der Waals surface area contributed by atoms with Gasteiger partial charge in [0.1, 0.15) is 11.5 Å². The molecule has 0 unspecified atom stereocenters. The first-order chi connectivity index (χ1) is 18.6. The van der Waals surface area contributed by atoms with Crippen molar-refractivity contribution in [1.29, 1.82) is 0 Å². The van der Waals surface area contributed by atoms with Crippen LogP contribution in [-0.2, 0) is 6.54 Å². The van der Waals surface area contributed by atoms with E-state index in [-0.39, 0.29) is 16.9 Å². The van der Waals surface area contributed by atoms with Crippen molar-refractivity contribution in [3.63, 3.8) is 0 Å². The molecule has 4 aromatic carbocycles. The molecule has 0 bridgehead atoms. The fourth-order valence-corrected chi connectivity index (χ4v) is 4.79. The topological polar surface area (TPSA) is 83.0 Å². The lowest BCUT2D eigenvalue weighted by Gasteiger charge is -2.11. The van der Waals surface area contributed by atoms with Crippen LogP contribution in [0.15, 0.2) is 114 Å². The molecule has 0 saturated heterocycles. The van der Waals surface area contributed by atoms with Gasteiger partial charge in [-0.25, -0.2) is 4.98 Å². The summed E-state index contributed by atoms with van der Waals surface area (Å²) in [5.74, 6) is 0.308. The summed E-state index contributed by atoms with van der Waals surface area (Å²) in [6, 6.07) is 31.6. The molecule has 7 nitrogen and oxygen atoms in total. The summed E-state index contributed by atoms with van der Waals surface area (Å²) in [6.07, 6.45) is 5.73. The number of aromatic nitrogens is 3. The normalized spacial score (nSPS) is 11.5. The molecule has 184 valence electrons. The van der Waals surface area contributed by atoms with Gasteiger partial charge in [-0.2, -0.15) is 0 Å². The van der Waals surface area contributed by atoms with Gasteiger partial charge in [0.15, 0.2) is 0 Å². The van der Waals surface area contributed by atoms with Gasteiger partial charge in [-0.1, -0.05) is 72.8 Å². The number of nitro benzene ring substituents is 1. The second-order valence-corrected chi connectivity index (χ2v) is 8.92. The quantitative estimate of drug-likeness (QED) is 0.195. The molecule has 0 aliphatic heterocycles.